The molecule has 5 nitrogen and oxygen atoms in total. The third kappa shape index (κ3) is 3.59. The highest BCUT2D eigenvalue weighted by atomic mass is 16.5. The molecule has 16 heavy (non-hydrogen) atoms. The summed E-state index contributed by atoms with van der Waals surface area (Å²) in [4.78, 5) is 14.9. The largest absolute Gasteiger partial charge is 0.479 e. The number of aliphatic hydroxyl groups excluding tert-OH is 1. The molecule has 0 saturated heterocycles. The molecule has 0 saturated carbocycles. The molecule has 0 radical (unpaired) electrons. The maximum atomic E-state index is 11.0. The molecule has 84 valence electrons. The van der Waals surface area contributed by atoms with E-state index in [1.807, 2.05) is 0 Å². The van der Waals surface area contributed by atoms with Crippen molar-refractivity contribution in [1.29, 1.82) is 0 Å². The normalized spacial score (nSPS) is 8.88. The first-order valence-corrected chi connectivity index (χ1v) is 4.51. The minimum Gasteiger partial charge on any atom is -0.479 e. The number of nitrogens with zero attached hydrogens (tertiary/aromatic N) is 1. The summed E-state index contributed by atoms with van der Waals surface area (Å²) in [5.74, 6) is 5.04. The monoisotopic (exact) mass is 221 g/mol. The van der Waals surface area contributed by atoms with Crippen LogP contribution in [0.5, 0.6) is 5.75 Å². The van der Waals surface area contributed by atoms with E-state index in [1.54, 1.807) is 6.07 Å². The molecule has 0 aliphatic heterocycles. The minimum atomic E-state index is -0.494. The van der Waals surface area contributed by atoms with Gasteiger partial charge in [0.05, 0.1) is 13.3 Å². The van der Waals surface area contributed by atoms with Gasteiger partial charge in [0.25, 0.3) is 0 Å². The van der Waals surface area contributed by atoms with Crippen LogP contribution in [-0.2, 0) is 4.74 Å². The van der Waals surface area contributed by atoms with Gasteiger partial charge in [-0.2, -0.15) is 0 Å². The first-order chi connectivity index (χ1) is 7.77. The smallest absolute Gasteiger partial charge is 0.356 e. The maximum Gasteiger partial charge on any atom is 0.356 e. The molecular formula is C11H11NO4. The number of methoxy groups -OCH3 is 1. The highest BCUT2D eigenvalue weighted by Gasteiger charge is 2.05. The Labute approximate surface area is 93.0 Å². The fraction of sp³-hybridized carbons (Fsp3) is 0.273. The molecule has 1 aromatic rings. The topological polar surface area (TPSA) is 68.7 Å². The van der Waals surface area contributed by atoms with Gasteiger partial charge >= 0.3 is 5.97 Å². The summed E-state index contributed by atoms with van der Waals surface area (Å²) < 4.78 is 9.67. The molecule has 0 bridgehead atoms. The van der Waals surface area contributed by atoms with Crippen LogP contribution in [0.2, 0.25) is 0 Å². The van der Waals surface area contributed by atoms with Crippen molar-refractivity contribution < 1.29 is 19.4 Å². The first kappa shape index (κ1) is 12.0. The number of aliphatic hydroxyl groups is 1. The lowest BCUT2D eigenvalue weighted by atomic mass is 10.3. The van der Waals surface area contributed by atoms with Gasteiger partial charge in [-0.1, -0.05) is 11.8 Å². The summed E-state index contributed by atoms with van der Waals surface area (Å²) >= 11 is 0. The van der Waals surface area contributed by atoms with E-state index in [9.17, 15) is 4.79 Å². The molecular weight excluding hydrogens is 210 g/mol. The molecule has 1 rings (SSSR count). The SMILES string of the molecule is COC(=O)c1ccc(OCC#CCO)cn1. The quantitative estimate of drug-likeness (QED) is 0.585. The van der Waals surface area contributed by atoms with Gasteiger partial charge in [0.2, 0.25) is 0 Å². The molecule has 0 aliphatic rings. The summed E-state index contributed by atoms with van der Waals surface area (Å²) in [5.41, 5.74) is 0.219. The average Bonchev–Trinajstić information content (AvgIpc) is 2.34. The van der Waals surface area contributed by atoms with Gasteiger partial charge in [-0.25, -0.2) is 9.78 Å². The summed E-state index contributed by atoms with van der Waals surface area (Å²) in [6.45, 7) is -0.0251. The van der Waals surface area contributed by atoms with Gasteiger partial charge in [-0.05, 0) is 12.1 Å². The molecule has 0 aromatic carbocycles. The Morgan fingerprint density at radius 3 is 2.88 bits per heavy atom. The average molecular weight is 221 g/mol. The van der Waals surface area contributed by atoms with Crippen LogP contribution in [0.25, 0.3) is 0 Å². The Bertz CT molecular complexity index is 402. The number of hydrogen-bond donors (Lipinski definition) is 1. The van der Waals surface area contributed by atoms with Gasteiger partial charge in [0.15, 0.2) is 0 Å². The number of pyridine rings is 1. The summed E-state index contributed by atoms with van der Waals surface area (Å²) in [6, 6.07) is 3.10. The summed E-state index contributed by atoms with van der Waals surface area (Å²) in [5, 5.41) is 8.40. The third-order valence-corrected chi connectivity index (χ3v) is 1.65. The van der Waals surface area contributed by atoms with E-state index in [0.717, 1.165) is 0 Å². The van der Waals surface area contributed by atoms with E-state index in [4.69, 9.17) is 9.84 Å². The van der Waals surface area contributed by atoms with Gasteiger partial charge in [-0.15, -0.1) is 0 Å². The lowest BCUT2D eigenvalue weighted by Crippen LogP contribution is -2.04. The number of aromatic nitrogens is 1. The lowest BCUT2D eigenvalue weighted by molar-refractivity contribution is 0.0594. The van der Waals surface area contributed by atoms with Crippen molar-refractivity contribution >= 4 is 5.97 Å². The minimum absolute atomic E-state index is 0.166. The maximum absolute atomic E-state index is 11.0. The van der Waals surface area contributed by atoms with Crippen molar-refractivity contribution in [1.82, 2.24) is 4.98 Å². The van der Waals surface area contributed by atoms with E-state index in [2.05, 4.69) is 21.6 Å². The fourth-order valence-electron chi connectivity index (χ4n) is 0.917. The van der Waals surface area contributed by atoms with Crippen molar-refractivity contribution in [2.45, 2.75) is 0 Å². The lowest BCUT2D eigenvalue weighted by Gasteiger charge is -2.02. The van der Waals surface area contributed by atoms with E-state index in [0.29, 0.717) is 5.75 Å². The second-order valence-corrected chi connectivity index (χ2v) is 2.67. The summed E-state index contributed by atoms with van der Waals surface area (Å²) in [6.07, 6.45) is 1.41. The van der Waals surface area contributed by atoms with Crippen molar-refractivity contribution in [3.63, 3.8) is 0 Å². The van der Waals surface area contributed by atoms with Gasteiger partial charge < -0.3 is 14.6 Å². The number of carbonyl (C=O) groups excluding carboxylic acids is 1. The van der Waals surface area contributed by atoms with E-state index in [1.165, 1.54) is 19.4 Å². The Hall–Kier alpha value is -2.06. The first-order valence-electron chi connectivity index (χ1n) is 4.51. The highest BCUT2D eigenvalue weighted by Crippen LogP contribution is 2.09. The zero-order chi connectivity index (χ0) is 11.8. The van der Waals surface area contributed by atoms with Gasteiger partial charge in [-0.3, -0.25) is 0 Å². The molecule has 0 fully saturated rings. The Morgan fingerprint density at radius 2 is 2.31 bits per heavy atom. The van der Waals surface area contributed by atoms with Crippen LogP contribution in [0.15, 0.2) is 18.3 Å². The number of carbonyl (C=O) groups is 1. The predicted molar refractivity (Wildman–Crippen MR) is 55.9 cm³/mol. The fourth-order valence-corrected chi connectivity index (χ4v) is 0.917. The number of hydrogen-bond acceptors (Lipinski definition) is 5. The number of rotatable bonds is 3. The Kier molecular flexibility index (Phi) is 4.83. The molecule has 1 aromatic heterocycles. The van der Waals surface area contributed by atoms with Crippen LogP contribution in [0.3, 0.4) is 0 Å². The molecule has 0 atom stereocenters. The van der Waals surface area contributed by atoms with E-state index >= 15 is 0 Å². The van der Waals surface area contributed by atoms with Crippen LogP contribution in [0.4, 0.5) is 0 Å². The highest BCUT2D eigenvalue weighted by molar-refractivity contribution is 5.87. The van der Waals surface area contributed by atoms with Crippen molar-refractivity contribution in [3.8, 4) is 17.6 Å². The second-order valence-electron chi connectivity index (χ2n) is 2.67. The predicted octanol–water partition coefficient (Wildman–Crippen LogP) is 0.243. The molecule has 5 heteroatoms. The van der Waals surface area contributed by atoms with Gasteiger partial charge in [0.1, 0.15) is 24.7 Å². The molecule has 0 amide bonds. The van der Waals surface area contributed by atoms with E-state index < -0.39 is 5.97 Å². The molecule has 1 N–H and O–H groups in total. The third-order valence-electron chi connectivity index (χ3n) is 1.65. The number of ether oxygens (including phenoxy) is 2. The Balaban J connectivity index is 2.54. The summed E-state index contributed by atoms with van der Waals surface area (Å²) in [7, 11) is 1.29. The van der Waals surface area contributed by atoms with Crippen LogP contribution >= 0.6 is 0 Å². The zero-order valence-electron chi connectivity index (χ0n) is 8.77. The molecule has 1 heterocycles. The van der Waals surface area contributed by atoms with Crippen molar-refractivity contribution in [3.05, 3.63) is 24.0 Å². The Morgan fingerprint density at radius 1 is 1.50 bits per heavy atom. The van der Waals surface area contributed by atoms with Gasteiger partial charge in [0, 0.05) is 0 Å². The molecule has 0 spiro atoms. The van der Waals surface area contributed by atoms with Crippen molar-refractivity contribution in [2.24, 2.45) is 0 Å². The van der Waals surface area contributed by atoms with Crippen LogP contribution in [0.1, 0.15) is 10.5 Å². The van der Waals surface area contributed by atoms with Crippen molar-refractivity contribution in [2.75, 3.05) is 20.3 Å². The number of esters is 1. The van der Waals surface area contributed by atoms with Crippen LogP contribution in [0, 0.1) is 11.8 Å². The standard InChI is InChI=1S/C11H11NO4/c1-15-11(14)10-5-4-9(8-12-10)16-7-3-2-6-13/h4-5,8,13H,6-7H2,1H3. The zero-order valence-corrected chi connectivity index (χ0v) is 8.77. The van der Waals surface area contributed by atoms with Crippen LogP contribution in [-0.4, -0.2) is 36.4 Å². The van der Waals surface area contributed by atoms with E-state index in [-0.39, 0.29) is 18.9 Å². The van der Waals surface area contributed by atoms with Crippen LogP contribution < -0.4 is 4.74 Å². The second kappa shape index (κ2) is 6.43. The molecule has 0 aliphatic carbocycles. The molecule has 0 unspecified atom stereocenters.